The van der Waals surface area contributed by atoms with Crippen molar-refractivity contribution in [3.63, 3.8) is 0 Å². The third-order valence-corrected chi connectivity index (χ3v) is 3.47. The molecule has 0 aliphatic carbocycles. The van der Waals surface area contributed by atoms with E-state index in [9.17, 15) is 4.79 Å². The molecule has 2 N–H and O–H groups in total. The van der Waals surface area contributed by atoms with Crippen LogP contribution in [0.25, 0.3) is 0 Å². The van der Waals surface area contributed by atoms with E-state index >= 15 is 0 Å². The minimum absolute atomic E-state index is 0.660. The summed E-state index contributed by atoms with van der Waals surface area (Å²) in [6.45, 7) is 0. The first-order valence-corrected chi connectivity index (χ1v) is 4.40. The largest absolute Gasteiger partial charge is 0.478 e. The van der Waals surface area contributed by atoms with Gasteiger partial charge in [0.05, 0.1) is 0 Å². The maximum Gasteiger partial charge on any atom is 0.347 e. The van der Waals surface area contributed by atoms with Gasteiger partial charge in [-0.3, -0.25) is 0 Å². The van der Waals surface area contributed by atoms with Gasteiger partial charge in [-0.15, -0.1) is 0 Å². The fraction of sp³-hybridized carbons (Fsp3) is 0.400. The van der Waals surface area contributed by atoms with Gasteiger partial charge in [0.15, 0.2) is 0 Å². The lowest BCUT2D eigenvalue weighted by Gasteiger charge is -2.17. The molecule has 1 heterocycles. The van der Waals surface area contributed by atoms with Gasteiger partial charge in [0.1, 0.15) is 9.21 Å². The molecule has 0 amide bonds. The normalized spacial score (nSPS) is 23.9. The number of aliphatic carboxylic acids is 1. The molecular weight excluding hydrogens is 280 g/mol. The number of hydrogen-bond acceptors (Lipinski definition) is 3. The van der Waals surface area contributed by atoms with Crippen molar-refractivity contribution in [2.45, 2.75) is 6.17 Å². The second-order valence-corrected chi connectivity index (χ2v) is 3.64. The Morgan fingerprint density at radius 3 is 2.45 bits per heavy atom. The molecule has 0 unspecified atom stereocenters. The number of nitrogens with zero attached hydrogens (tertiary/aromatic N) is 1. The van der Waals surface area contributed by atoms with Crippen LogP contribution in [-0.2, 0) is 4.79 Å². The van der Waals surface area contributed by atoms with Crippen molar-refractivity contribution < 1.29 is 9.90 Å². The minimum Gasteiger partial charge on any atom is -0.478 e. The van der Waals surface area contributed by atoms with Crippen molar-refractivity contribution in [1.29, 1.82) is 0 Å². The van der Waals surface area contributed by atoms with Crippen LogP contribution in [0.2, 0.25) is 0 Å². The summed E-state index contributed by atoms with van der Waals surface area (Å²) in [4.78, 5) is 12.1. The van der Waals surface area contributed by atoms with Crippen LogP contribution < -0.4 is 5.32 Å². The van der Waals surface area contributed by atoms with Gasteiger partial charge in [-0.2, -0.15) is 0 Å². The van der Waals surface area contributed by atoms with Crippen molar-refractivity contribution in [2.75, 3.05) is 7.05 Å². The monoisotopic (exact) mass is 284 g/mol. The van der Waals surface area contributed by atoms with E-state index in [0.717, 1.165) is 0 Å². The zero-order valence-electron chi connectivity index (χ0n) is 5.64. The quantitative estimate of drug-likeness (QED) is 0.702. The molecule has 11 heavy (non-hydrogen) atoms. The third kappa shape index (κ3) is 1.51. The topological polar surface area (TPSA) is 52.6 Å². The molecule has 0 bridgehead atoms. The highest BCUT2D eigenvalue weighted by atomic mass is 79.9. The molecule has 0 saturated carbocycles. The van der Waals surface area contributed by atoms with E-state index in [0.29, 0.717) is 9.21 Å². The van der Waals surface area contributed by atoms with Crippen molar-refractivity contribution in [3.8, 4) is 0 Å². The molecule has 6 heteroatoms. The van der Waals surface area contributed by atoms with Crippen LogP contribution in [0.15, 0.2) is 9.21 Å². The summed E-state index contributed by atoms with van der Waals surface area (Å²) in [5, 5.41) is 11.4. The predicted molar refractivity (Wildman–Crippen MR) is 47.2 cm³/mol. The predicted octanol–water partition coefficient (Wildman–Crippen LogP) is 0.849. The molecule has 0 saturated heterocycles. The van der Waals surface area contributed by atoms with Gasteiger partial charge < -0.3 is 15.3 Å². The Labute approximate surface area is 80.5 Å². The smallest absolute Gasteiger partial charge is 0.347 e. The van der Waals surface area contributed by atoms with Crippen LogP contribution in [0.4, 0.5) is 0 Å². The van der Waals surface area contributed by atoms with E-state index in [1.807, 2.05) is 0 Å². The Balaban J connectivity index is 2.78. The second-order valence-electron chi connectivity index (χ2n) is 2.10. The number of likely N-dealkylation sites (N-methyl/N-ethyl adjacent to an activating group) is 1. The molecule has 0 radical (unpaired) electrons. The van der Waals surface area contributed by atoms with Crippen molar-refractivity contribution in [1.82, 2.24) is 10.2 Å². The van der Waals surface area contributed by atoms with Gasteiger partial charge in [0.25, 0.3) is 0 Å². The summed E-state index contributed by atoms with van der Waals surface area (Å²) >= 11 is 6.38. The van der Waals surface area contributed by atoms with E-state index in [1.54, 1.807) is 11.9 Å². The molecule has 4 nitrogen and oxygen atoms in total. The highest BCUT2D eigenvalue weighted by molar-refractivity contribution is 9.14. The molecule has 1 aliphatic heterocycles. The third-order valence-electron chi connectivity index (χ3n) is 1.38. The van der Waals surface area contributed by atoms with E-state index in [-0.39, 0.29) is 0 Å². The summed E-state index contributed by atoms with van der Waals surface area (Å²) in [7, 11) is 1.68. The molecule has 1 aliphatic rings. The molecule has 1 atom stereocenters. The summed E-state index contributed by atoms with van der Waals surface area (Å²) in [6, 6.07) is 0. The SMILES string of the molecule is CN1C(Br)=C(Br)N[C@@H]1C(=O)O. The number of rotatable bonds is 1. The highest BCUT2D eigenvalue weighted by Gasteiger charge is 2.30. The van der Waals surface area contributed by atoms with E-state index < -0.39 is 12.1 Å². The average Bonchev–Trinajstić information content (AvgIpc) is 2.17. The van der Waals surface area contributed by atoms with E-state index in [2.05, 4.69) is 37.2 Å². The molecule has 0 fully saturated rings. The number of carboxylic acid groups (broad SMARTS) is 1. The molecule has 0 spiro atoms. The fourth-order valence-electron chi connectivity index (χ4n) is 0.772. The van der Waals surface area contributed by atoms with Gasteiger partial charge in [-0.1, -0.05) is 0 Å². The Hall–Kier alpha value is -0.230. The first-order valence-electron chi connectivity index (χ1n) is 2.81. The lowest BCUT2D eigenvalue weighted by atomic mass is 10.5. The Kier molecular flexibility index (Phi) is 2.43. The zero-order valence-corrected chi connectivity index (χ0v) is 8.81. The lowest BCUT2D eigenvalue weighted by Crippen LogP contribution is -2.41. The first-order chi connectivity index (χ1) is 5.04. The standard InChI is InChI=1S/C5H6Br2N2O2/c1-9-3(7)2(6)8-4(9)5(10)11/h4,8H,1H3,(H,10,11)/t4-/m0/s1. The van der Waals surface area contributed by atoms with Crippen LogP contribution in [0, 0.1) is 0 Å². The first kappa shape index (κ1) is 8.86. The molecule has 1 rings (SSSR count). The molecule has 0 aromatic rings. The molecular formula is C5H6Br2N2O2. The van der Waals surface area contributed by atoms with Crippen LogP contribution in [-0.4, -0.2) is 29.2 Å². The number of carboxylic acids is 1. The Morgan fingerprint density at radius 1 is 1.73 bits per heavy atom. The van der Waals surface area contributed by atoms with Crippen LogP contribution >= 0.6 is 31.9 Å². The minimum atomic E-state index is -0.904. The Bertz CT molecular complexity index is 229. The maximum atomic E-state index is 10.5. The van der Waals surface area contributed by atoms with Gasteiger partial charge in [-0.25, -0.2) is 4.79 Å². The zero-order chi connectivity index (χ0) is 8.59. The molecule has 0 aromatic heterocycles. The van der Waals surface area contributed by atoms with Gasteiger partial charge in [0.2, 0.25) is 6.17 Å². The van der Waals surface area contributed by atoms with E-state index in [4.69, 9.17) is 5.11 Å². The maximum absolute atomic E-state index is 10.5. The second kappa shape index (κ2) is 3.02. The summed E-state index contributed by atoms with van der Waals surface area (Å²) in [6.07, 6.45) is -0.682. The highest BCUT2D eigenvalue weighted by Crippen LogP contribution is 2.26. The number of nitrogens with one attached hydrogen (secondary N) is 1. The fourth-order valence-corrected chi connectivity index (χ4v) is 1.59. The Morgan fingerprint density at radius 2 is 2.27 bits per heavy atom. The summed E-state index contributed by atoms with van der Waals surface area (Å²) < 4.78 is 1.37. The molecule has 62 valence electrons. The van der Waals surface area contributed by atoms with Crippen molar-refractivity contribution in [3.05, 3.63) is 9.21 Å². The van der Waals surface area contributed by atoms with Crippen LogP contribution in [0.5, 0.6) is 0 Å². The summed E-state index contributed by atoms with van der Waals surface area (Å²) in [5.74, 6) is -0.904. The number of halogens is 2. The van der Waals surface area contributed by atoms with Gasteiger partial charge >= 0.3 is 5.97 Å². The summed E-state index contributed by atoms with van der Waals surface area (Å²) in [5.41, 5.74) is 0. The van der Waals surface area contributed by atoms with E-state index in [1.165, 1.54) is 0 Å². The van der Waals surface area contributed by atoms with Crippen molar-refractivity contribution in [2.24, 2.45) is 0 Å². The lowest BCUT2D eigenvalue weighted by molar-refractivity contribution is -0.142. The average molecular weight is 286 g/mol. The molecule has 0 aromatic carbocycles. The van der Waals surface area contributed by atoms with Crippen molar-refractivity contribution >= 4 is 37.8 Å². The number of hydrogen-bond donors (Lipinski definition) is 2. The van der Waals surface area contributed by atoms with Gasteiger partial charge in [-0.05, 0) is 31.9 Å². The van der Waals surface area contributed by atoms with Gasteiger partial charge in [0, 0.05) is 7.05 Å². The van der Waals surface area contributed by atoms with Crippen LogP contribution in [0.3, 0.4) is 0 Å². The number of carbonyl (C=O) groups is 1. The van der Waals surface area contributed by atoms with Crippen LogP contribution in [0.1, 0.15) is 0 Å².